The number of ether oxygens (including phenoxy) is 1. The van der Waals surface area contributed by atoms with Crippen molar-refractivity contribution in [2.75, 3.05) is 16.9 Å². The molecule has 3 N–H and O–H groups in total. The minimum atomic E-state index is -3.17. The van der Waals surface area contributed by atoms with Crippen molar-refractivity contribution in [3.8, 4) is 11.1 Å². The minimum absolute atomic E-state index is 0.225. The normalized spacial score (nSPS) is 12.8. The Bertz CT molecular complexity index is 1750. The molecule has 0 saturated carbocycles. The quantitative estimate of drug-likeness (QED) is 0.224. The second-order valence-electron chi connectivity index (χ2n) is 9.83. The summed E-state index contributed by atoms with van der Waals surface area (Å²) in [6, 6.07) is 17.1. The Morgan fingerprint density at radius 2 is 1.60 bits per heavy atom. The maximum absolute atomic E-state index is 13.5. The van der Waals surface area contributed by atoms with Crippen LogP contribution in [0.5, 0.6) is 0 Å². The van der Waals surface area contributed by atoms with E-state index in [1.807, 2.05) is 0 Å². The van der Waals surface area contributed by atoms with Gasteiger partial charge in [0.15, 0.2) is 0 Å². The van der Waals surface area contributed by atoms with Crippen LogP contribution < -0.4 is 10.6 Å². The van der Waals surface area contributed by atoms with E-state index in [4.69, 9.17) is 9.84 Å². The molecule has 208 valence electrons. The molecule has 0 fully saturated rings. The number of hydrogen-bond acceptors (Lipinski definition) is 6. The SMILES string of the molecule is CC(C)(C)OC(=O)Nc1ccc(-c2ccc(F)cc2)cc1NC(=O)c1cc2cc(S(C)(=O)=NC(=O)O)ccc2s1. The number of benzene rings is 3. The molecule has 0 bridgehead atoms. The summed E-state index contributed by atoms with van der Waals surface area (Å²) in [5.41, 5.74) is 1.21. The highest BCUT2D eigenvalue weighted by atomic mass is 32.2. The second-order valence-corrected chi connectivity index (χ2v) is 13.2. The lowest BCUT2D eigenvalue weighted by Gasteiger charge is -2.21. The Hall–Kier alpha value is -4.29. The highest BCUT2D eigenvalue weighted by Crippen LogP contribution is 2.33. The van der Waals surface area contributed by atoms with Gasteiger partial charge >= 0.3 is 12.2 Å². The van der Waals surface area contributed by atoms with Crippen LogP contribution in [-0.2, 0) is 14.5 Å². The number of halogens is 1. The lowest BCUT2D eigenvalue weighted by Crippen LogP contribution is -2.27. The number of amides is 3. The van der Waals surface area contributed by atoms with Crippen molar-refractivity contribution in [3.63, 3.8) is 0 Å². The van der Waals surface area contributed by atoms with E-state index >= 15 is 0 Å². The van der Waals surface area contributed by atoms with Crippen molar-refractivity contribution in [2.24, 2.45) is 4.36 Å². The maximum atomic E-state index is 13.5. The molecular weight excluding hydrogens is 557 g/mol. The van der Waals surface area contributed by atoms with Crippen LogP contribution in [0.3, 0.4) is 0 Å². The standard InChI is InChI=1S/C28H26FN3O6S2/c1-28(2,3)38-27(36)31-21-11-7-17(16-5-8-19(29)9-6-16)14-22(21)30-25(33)24-15-18-13-20(10-12-23(18)39-24)40(4,37)32-26(34)35/h5-15H,1-4H3,(H,30,33)(H,31,36)(H,34,35). The molecule has 12 heteroatoms. The van der Waals surface area contributed by atoms with Gasteiger partial charge in [0.05, 0.1) is 26.0 Å². The topological polar surface area (TPSA) is 134 Å². The maximum Gasteiger partial charge on any atom is 0.439 e. The summed E-state index contributed by atoms with van der Waals surface area (Å²) in [6.45, 7) is 5.19. The molecule has 0 spiro atoms. The number of rotatable bonds is 5. The molecule has 1 aromatic heterocycles. The van der Waals surface area contributed by atoms with E-state index in [-0.39, 0.29) is 22.1 Å². The summed E-state index contributed by atoms with van der Waals surface area (Å²) < 4.78 is 35.5. The summed E-state index contributed by atoms with van der Waals surface area (Å²) in [6.07, 6.45) is -1.01. The summed E-state index contributed by atoms with van der Waals surface area (Å²) in [4.78, 5) is 37.3. The van der Waals surface area contributed by atoms with E-state index < -0.39 is 33.4 Å². The highest BCUT2D eigenvalue weighted by Gasteiger charge is 2.20. The first kappa shape index (κ1) is 28.7. The first-order valence-corrected chi connectivity index (χ1v) is 14.6. The number of carbonyl (C=O) groups excluding carboxylic acids is 2. The number of thiophene rings is 1. The number of nitrogens with zero attached hydrogens (tertiary/aromatic N) is 1. The van der Waals surface area contributed by atoms with Crippen LogP contribution in [0.4, 0.5) is 25.4 Å². The van der Waals surface area contributed by atoms with Crippen molar-refractivity contribution in [1.82, 2.24) is 0 Å². The van der Waals surface area contributed by atoms with Crippen molar-refractivity contribution in [3.05, 3.63) is 77.4 Å². The van der Waals surface area contributed by atoms with Gasteiger partial charge in [-0.2, -0.15) is 0 Å². The van der Waals surface area contributed by atoms with E-state index in [0.717, 1.165) is 0 Å². The largest absolute Gasteiger partial charge is 0.463 e. The van der Waals surface area contributed by atoms with Gasteiger partial charge in [-0.1, -0.05) is 18.2 Å². The Balaban J connectivity index is 1.68. The van der Waals surface area contributed by atoms with E-state index in [9.17, 15) is 23.0 Å². The molecule has 3 aromatic carbocycles. The number of anilines is 2. The molecule has 3 amide bonds. The fourth-order valence-corrected chi connectivity index (χ4v) is 5.75. The van der Waals surface area contributed by atoms with Gasteiger partial charge in [0, 0.05) is 15.9 Å². The molecule has 0 aliphatic carbocycles. The molecule has 1 atom stereocenters. The third-order valence-electron chi connectivity index (χ3n) is 5.48. The molecule has 9 nitrogen and oxygen atoms in total. The molecule has 0 aliphatic rings. The lowest BCUT2D eigenvalue weighted by molar-refractivity contribution is 0.0635. The van der Waals surface area contributed by atoms with Crippen molar-refractivity contribution in [2.45, 2.75) is 31.3 Å². The van der Waals surface area contributed by atoms with Crippen LogP contribution in [0.2, 0.25) is 0 Å². The van der Waals surface area contributed by atoms with Crippen LogP contribution in [0.15, 0.2) is 76.0 Å². The molecule has 1 heterocycles. The highest BCUT2D eigenvalue weighted by molar-refractivity contribution is 7.93. The smallest absolute Gasteiger partial charge is 0.439 e. The number of hydrogen-bond donors (Lipinski definition) is 3. The summed E-state index contributed by atoms with van der Waals surface area (Å²) >= 11 is 1.18. The molecule has 4 rings (SSSR count). The molecule has 0 saturated heterocycles. The Morgan fingerprint density at radius 3 is 2.25 bits per heavy atom. The monoisotopic (exact) mass is 583 g/mol. The van der Waals surface area contributed by atoms with Crippen LogP contribution in [-0.4, -0.2) is 39.3 Å². The molecule has 0 radical (unpaired) electrons. The van der Waals surface area contributed by atoms with Gasteiger partial charge in [-0.3, -0.25) is 10.1 Å². The number of nitrogens with one attached hydrogen (secondary N) is 2. The zero-order valence-electron chi connectivity index (χ0n) is 22.0. The van der Waals surface area contributed by atoms with Crippen LogP contribution in [0.1, 0.15) is 30.4 Å². The number of carboxylic acid groups (broad SMARTS) is 1. The summed E-state index contributed by atoms with van der Waals surface area (Å²) in [5.74, 6) is -0.859. The van der Waals surface area contributed by atoms with Crippen LogP contribution in [0.25, 0.3) is 21.2 Å². The summed E-state index contributed by atoms with van der Waals surface area (Å²) in [5, 5.41) is 15.0. The minimum Gasteiger partial charge on any atom is -0.463 e. The lowest BCUT2D eigenvalue weighted by atomic mass is 10.0. The number of fused-ring (bicyclic) bond motifs is 1. The molecule has 0 aliphatic heterocycles. The van der Waals surface area contributed by atoms with Gasteiger partial charge in [0.1, 0.15) is 11.4 Å². The average molecular weight is 584 g/mol. The van der Waals surface area contributed by atoms with E-state index in [1.54, 1.807) is 69.3 Å². The van der Waals surface area contributed by atoms with Crippen LogP contribution in [0, 0.1) is 5.82 Å². The number of carbonyl (C=O) groups is 3. The van der Waals surface area contributed by atoms with Gasteiger partial charge in [0.25, 0.3) is 5.91 Å². The Morgan fingerprint density at radius 1 is 0.925 bits per heavy atom. The van der Waals surface area contributed by atoms with Gasteiger partial charge in [-0.05, 0) is 85.8 Å². The van der Waals surface area contributed by atoms with Crippen molar-refractivity contribution in [1.29, 1.82) is 0 Å². The molecule has 1 unspecified atom stereocenters. The van der Waals surface area contributed by atoms with Gasteiger partial charge in [-0.25, -0.2) is 18.2 Å². The third kappa shape index (κ3) is 7.01. The molecule has 40 heavy (non-hydrogen) atoms. The first-order valence-electron chi connectivity index (χ1n) is 11.9. The predicted molar refractivity (Wildman–Crippen MR) is 154 cm³/mol. The van der Waals surface area contributed by atoms with Gasteiger partial charge in [0.2, 0.25) is 0 Å². The first-order chi connectivity index (χ1) is 18.7. The van der Waals surface area contributed by atoms with E-state index in [2.05, 4.69) is 15.0 Å². The Kier molecular flexibility index (Phi) is 7.94. The van der Waals surface area contributed by atoms with E-state index in [1.165, 1.54) is 35.8 Å². The molecular formula is C28H26FN3O6S2. The Labute approximate surface area is 234 Å². The van der Waals surface area contributed by atoms with Crippen molar-refractivity contribution >= 4 is 60.6 Å². The van der Waals surface area contributed by atoms with E-state index in [0.29, 0.717) is 26.1 Å². The molecule has 4 aromatic rings. The third-order valence-corrected chi connectivity index (χ3v) is 8.23. The van der Waals surface area contributed by atoms with Crippen LogP contribution >= 0.6 is 11.3 Å². The average Bonchev–Trinajstić information content (AvgIpc) is 3.27. The fourth-order valence-electron chi connectivity index (χ4n) is 3.75. The fraction of sp³-hybridized carbons (Fsp3) is 0.179. The van der Waals surface area contributed by atoms with Gasteiger partial charge in [-0.15, -0.1) is 15.7 Å². The van der Waals surface area contributed by atoms with Gasteiger partial charge < -0.3 is 15.2 Å². The zero-order valence-corrected chi connectivity index (χ0v) is 23.6. The zero-order chi connectivity index (χ0) is 29.2. The summed E-state index contributed by atoms with van der Waals surface area (Å²) in [7, 11) is -3.17. The predicted octanol–water partition coefficient (Wildman–Crippen LogP) is 7.44. The van der Waals surface area contributed by atoms with Crippen molar-refractivity contribution < 1.29 is 32.8 Å². The second kappa shape index (κ2) is 11.1.